The minimum atomic E-state index is -1.25. The molecule has 0 spiro atoms. The van der Waals surface area contributed by atoms with Crippen LogP contribution < -0.4 is 32.7 Å². The molecule has 0 saturated carbocycles. The van der Waals surface area contributed by atoms with E-state index < -0.39 is 71.4 Å². The van der Waals surface area contributed by atoms with Gasteiger partial charge in [-0.15, -0.1) is 0 Å². The highest BCUT2D eigenvalue weighted by Crippen LogP contribution is 2.30. The normalized spacial score (nSPS) is 20.1. The van der Waals surface area contributed by atoms with Gasteiger partial charge in [-0.2, -0.15) is 0 Å². The zero-order valence-corrected chi connectivity index (χ0v) is 39.8. The molecule has 0 radical (unpaired) electrons. The number of aryl methyl sites for hydroxylation is 2. The Morgan fingerprint density at radius 3 is 2.31 bits per heavy atom. The SMILES string of the molecule is Cn1c(=O)n(C2CCC(=O)NC2=O)c2ccc(CCCCCCC(=O)N3CC[C@H]4CC[C@@H](C(=O)N[C@@H](CCC(N)=O)C(=O)NCc5ccc([S+]=O)cc5)N4C(=O)[C@@H](NC(=O)OC(C)(C)C)C3)cc21. The van der Waals surface area contributed by atoms with Crippen LogP contribution in [0.4, 0.5) is 4.79 Å². The molecular formula is C47H62N9O11S+. The number of imide groups is 1. The molecule has 1 aromatic heterocycles. The molecule has 1 unspecified atom stereocenters. The number of carbonyl (C=O) groups is 8. The molecule has 5 atom stereocenters. The number of nitrogens with one attached hydrogen (secondary N) is 4. The number of carbonyl (C=O) groups excluding carboxylic acids is 8. The number of aromatic nitrogens is 2. The lowest BCUT2D eigenvalue weighted by molar-refractivity contribution is -0.146. The second-order valence-corrected chi connectivity index (χ2v) is 19.4. The monoisotopic (exact) mass is 960 g/mol. The summed E-state index contributed by atoms with van der Waals surface area (Å²) in [5, 5.41) is 10.5. The molecule has 3 aromatic rings. The van der Waals surface area contributed by atoms with Gasteiger partial charge in [-0.25, -0.2) is 9.59 Å². The topological polar surface area (TPSA) is 270 Å². The third-order valence-electron chi connectivity index (χ3n) is 12.6. The number of alkyl carbamates (subject to hydrolysis) is 1. The van der Waals surface area contributed by atoms with E-state index in [1.54, 1.807) is 57.0 Å². The number of unbranched alkanes of at least 4 members (excludes halogenated alkanes) is 3. The maximum atomic E-state index is 14.5. The number of hydrogen-bond donors (Lipinski definition) is 5. The Bertz CT molecular complexity index is 2480. The highest BCUT2D eigenvalue weighted by Gasteiger charge is 2.46. The second kappa shape index (κ2) is 22.5. The molecule has 366 valence electrons. The summed E-state index contributed by atoms with van der Waals surface area (Å²) in [7, 11) is 1.66. The fourth-order valence-electron chi connectivity index (χ4n) is 9.13. The number of rotatable bonds is 18. The molecule has 68 heavy (non-hydrogen) atoms. The van der Waals surface area contributed by atoms with Crippen LogP contribution in [0.5, 0.6) is 0 Å². The molecule has 2 aromatic carbocycles. The van der Waals surface area contributed by atoms with E-state index in [1.807, 2.05) is 18.2 Å². The molecular weight excluding hydrogens is 899 g/mol. The van der Waals surface area contributed by atoms with Crippen LogP contribution in [0.3, 0.4) is 0 Å². The van der Waals surface area contributed by atoms with Crippen LogP contribution in [0, 0.1) is 0 Å². The van der Waals surface area contributed by atoms with Crippen molar-refractivity contribution in [2.45, 2.75) is 151 Å². The van der Waals surface area contributed by atoms with E-state index in [1.165, 1.54) is 14.0 Å². The average Bonchev–Trinajstić information content (AvgIpc) is 3.82. The van der Waals surface area contributed by atoms with Gasteiger partial charge < -0.3 is 36.2 Å². The van der Waals surface area contributed by atoms with Gasteiger partial charge in [0.15, 0.2) is 0 Å². The van der Waals surface area contributed by atoms with E-state index in [2.05, 4.69) is 21.3 Å². The van der Waals surface area contributed by atoms with E-state index in [4.69, 9.17) is 10.5 Å². The Morgan fingerprint density at radius 1 is 0.897 bits per heavy atom. The van der Waals surface area contributed by atoms with Gasteiger partial charge in [0.25, 0.3) is 4.90 Å². The summed E-state index contributed by atoms with van der Waals surface area (Å²) in [4.78, 5) is 122. The van der Waals surface area contributed by atoms with Crippen molar-refractivity contribution in [3.8, 4) is 0 Å². The molecule has 6 N–H and O–H groups in total. The van der Waals surface area contributed by atoms with Crippen molar-refractivity contribution in [2.24, 2.45) is 12.8 Å². The number of imidazole rings is 1. The number of amides is 8. The van der Waals surface area contributed by atoms with Crippen LogP contribution in [0.2, 0.25) is 0 Å². The highest BCUT2D eigenvalue weighted by atomic mass is 32.1. The predicted molar refractivity (Wildman–Crippen MR) is 248 cm³/mol. The van der Waals surface area contributed by atoms with Crippen molar-refractivity contribution in [2.75, 3.05) is 13.1 Å². The van der Waals surface area contributed by atoms with E-state index in [0.717, 1.165) is 31.2 Å². The number of ether oxygens (including phenoxy) is 1. The van der Waals surface area contributed by atoms with Crippen LogP contribution in [0.1, 0.15) is 115 Å². The van der Waals surface area contributed by atoms with E-state index in [9.17, 15) is 47.4 Å². The molecule has 8 amide bonds. The van der Waals surface area contributed by atoms with Crippen LogP contribution >= 0.6 is 0 Å². The molecule has 3 aliphatic rings. The molecule has 3 aliphatic heterocycles. The average molecular weight is 961 g/mol. The minimum Gasteiger partial charge on any atom is -0.444 e. The van der Waals surface area contributed by atoms with Crippen molar-refractivity contribution >= 4 is 70.1 Å². The first-order chi connectivity index (χ1) is 32.3. The van der Waals surface area contributed by atoms with Crippen molar-refractivity contribution in [1.82, 2.24) is 40.2 Å². The lowest BCUT2D eigenvalue weighted by atomic mass is 10.0. The molecule has 0 bridgehead atoms. The van der Waals surface area contributed by atoms with Gasteiger partial charge in [0, 0.05) is 61.8 Å². The van der Waals surface area contributed by atoms with Crippen molar-refractivity contribution in [1.29, 1.82) is 0 Å². The first-order valence-electron chi connectivity index (χ1n) is 23.2. The Labute approximate surface area is 397 Å². The number of benzene rings is 2. The Balaban J connectivity index is 1.05. The Hall–Kier alpha value is -6.51. The van der Waals surface area contributed by atoms with E-state index in [-0.39, 0.29) is 75.7 Å². The maximum Gasteiger partial charge on any atom is 0.505 e. The highest BCUT2D eigenvalue weighted by molar-refractivity contribution is 7.65. The molecule has 3 fully saturated rings. The summed E-state index contributed by atoms with van der Waals surface area (Å²) in [6, 6.07) is 7.70. The molecule has 6 rings (SSSR count). The van der Waals surface area contributed by atoms with Gasteiger partial charge in [-0.3, -0.25) is 48.0 Å². The second-order valence-electron chi connectivity index (χ2n) is 18.7. The van der Waals surface area contributed by atoms with Crippen LogP contribution in [0.15, 0.2) is 52.2 Å². The zero-order chi connectivity index (χ0) is 49.3. The third-order valence-corrected chi connectivity index (χ3v) is 13.1. The number of hydrogen-bond acceptors (Lipinski definition) is 11. The van der Waals surface area contributed by atoms with Crippen LogP contribution in [-0.2, 0) is 74.2 Å². The van der Waals surface area contributed by atoms with Crippen molar-refractivity contribution < 1.29 is 47.3 Å². The summed E-state index contributed by atoms with van der Waals surface area (Å²) < 4.78 is 19.5. The van der Waals surface area contributed by atoms with Gasteiger partial charge in [-0.05, 0) is 95.4 Å². The molecule has 21 heteroatoms. The zero-order valence-electron chi connectivity index (χ0n) is 39.0. The predicted octanol–water partition coefficient (Wildman–Crippen LogP) is 2.15. The van der Waals surface area contributed by atoms with E-state index in [0.29, 0.717) is 52.4 Å². The van der Waals surface area contributed by atoms with Gasteiger partial charge in [0.2, 0.25) is 41.4 Å². The number of primary amides is 1. The van der Waals surface area contributed by atoms with Crippen LogP contribution in [0.25, 0.3) is 11.0 Å². The number of nitrogens with two attached hydrogens (primary N) is 1. The summed E-state index contributed by atoms with van der Waals surface area (Å²) in [5.41, 5.74) is 7.22. The largest absolute Gasteiger partial charge is 0.505 e. The van der Waals surface area contributed by atoms with Crippen LogP contribution in [-0.4, -0.2) is 109 Å². The first kappa shape index (κ1) is 50.9. The number of piperidine rings is 1. The summed E-state index contributed by atoms with van der Waals surface area (Å²) in [6.07, 6.45) is 4.26. The summed E-state index contributed by atoms with van der Waals surface area (Å²) in [5.74, 6) is -3.43. The van der Waals surface area contributed by atoms with Gasteiger partial charge in [0.05, 0.1) is 17.6 Å². The fourth-order valence-corrected chi connectivity index (χ4v) is 9.37. The molecule has 20 nitrogen and oxygen atoms in total. The summed E-state index contributed by atoms with van der Waals surface area (Å²) in [6.45, 7) is 5.24. The van der Waals surface area contributed by atoms with E-state index >= 15 is 0 Å². The molecule has 0 aliphatic carbocycles. The Kier molecular flexibility index (Phi) is 16.9. The lowest BCUT2D eigenvalue weighted by Gasteiger charge is -2.39. The Morgan fingerprint density at radius 2 is 1.62 bits per heavy atom. The maximum absolute atomic E-state index is 14.5. The van der Waals surface area contributed by atoms with Gasteiger partial charge >= 0.3 is 23.4 Å². The van der Waals surface area contributed by atoms with Crippen molar-refractivity contribution in [3.63, 3.8) is 0 Å². The number of nitrogens with zero attached hydrogens (tertiary/aromatic N) is 4. The lowest BCUT2D eigenvalue weighted by Crippen LogP contribution is -2.62. The fraction of sp³-hybridized carbons (Fsp3) is 0.553. The van der Waals surface area contributed by atoms with Gasteiger partial charge in [0.1, 0.15) is 29.8 Å². The first-order valence-corrected chi connectivity index (χ1v) is 24.0. The summed E-state index contributed by atoms with van der Waals surface area (Å²) >= 11 is 0.341. The van der Waals surface area contributed by atoms with Gasteiger partial charge in [-0.1, -0.05) is 31.0 Å². The quantitative estimate of drug-likeness (QED) is 0.0701. The number of fused-ring (bicyclic) bond motifs is 2. The smallest absolute Gasteiger partial charge is 0.444 e. The standard InChI is InChI=1S/C47H61N9O11S/c1-47(2,3)67-45(64)51-33-27-54(40(59)10-8-6-5-7-9-28-13-18-34-37(25-28)53(4)46(65)56(34)36-20-22-39(58)52-43(36)62)24-23-30-14-19-35(55(30)44(33)63)42(61)50-32(17-21-38(48)57)41(60)49-26-29-11-15-31(68-66)16-12-29/h11-13,15-16,18,25,30,32-33,35-36H,5-10,14,17,19-24,26-27H2,1-4H3,(H5-,48,49,50,51,52,57,58,60,61,62,64)/p+1/t30-,32+,33+,35+,36?/m1/s1. The van der Waals surface area contributed by atoms with Crippen molar-refractivity contribution in [3.05, 3.63) is 64.1 Å². The minimum absolute atomic E-state index is 0.0882. The third kappa shape index (κ3) is 12.9. The molecule has 3 saturated heterocycles. The molecule has 4 heterocycles.